The third kappa shape index (κ3) is 2.61. The van der Waals surface area contributed by atoms with Crippen molar-refractivity contribution < 1.29 is 9.18 Å². The van der Waals surface area contributed by atoms with Gasteiger partial charge in [-0.2, -0.15) is 0 Å². The molecule has 0 aliphatic carbocycles. The molecule has 0 fully saturated rings. The Bertz CT molecular complexity index is 537. The summed E-state index contributed by atoms with van der Waals surface area (Å²) in [5, 5.41) is 3.18. The minimum atomic E-state index is -0.545. The van der Waals surface area contributed by atoms with E-state index < -0.39 is 11.7 Å². The van der Waals surface area contributed by atoms with E-state index in [1.54, 1.807) is 6.07 Å². The van der Waals surface area contributed by atoms with Crippen molar-refractivity contribution in [2.75, 3.05) is 7.05 Å². The average molecular weight is 254 g/mol. The number of rotatable bonds is 1. The molecule has 1 amide bonds. The molecule has 0 unspecified atom stereocenters. The number of aryl methyl sites for hydroxylation is 1. The third-order valence-electron chi connectivity index (χ3n) is 2.08. The molecule has 1 aromatic carbocycles. The van der Waals surface area contributed by atoms with Crippen molar-refractivity contribution in [3.63, 3.8) is 0 Å². The van der Waals surface area contributed by atoms with E-state index in [9.17, 15) is 9.18 Å². The van der Waals surface area contributed by atoms with Gasteiger partial charge in [0.25, 0.3) is 5.91 Å². The lowest BCUT2D eigenvalue weighted by molar-refractivity contribution is 0.0959. The van der Waals surface area contributed by atoms with E-state index in [1.165, 1.54) is 24.5 Å². The van der Waals surface area contributed by atoms with Gasteiger partial charge in [-0.3, -0.25) is 4.79 Å². The maximum atomic E-state index is 13.8. The highest BCUT2D eigenvalue weighted by Gasteiger charge is 2.15. The zero-order chi connectivity index (χ0) is 13.0. The summed E-state index contributed by atoms with van der Waals surface area (Å²) in [4.78, 5) is 15.4. The van der Waals surface area contributed by atoms with Crippen LogP contribution in [0.5, 0.6) is 0 Å². The molecule has 0 saturated carbocycles. The molecule has 1 heterocycles. The minimum Gasteiger partial charge on any atom is -0.355 e. The molecule has 92 valence electrons. The van der Waals surface area contributed by atoms with Crippen molar-refractivity contribution in [1.82, 2.24) is 10.3 Å². The Morgan fingerprint density at radius 3 is 2.65 bits per heavy atom. The van der Waals surface area contributed by atoms with Crippen LogP contribution in [0.15, 0.2) is 12.1 Å². The van der Waals surface area contributed by atoms with Crippen LogP contribution in [0.4, 0.5) is 4.39 Å². The van der Waals surface area contributed by atoms with Crippen molar-refractivity contribution in [3.05, 3.63) is 28.5 Å². The quantitative estimate of drug-likeness (QED) is 0.849. The average Bonchev–Trinajstić information content (AvgIpc) is 2.73. The summed E-state index contributed by atoms with van der Waals surface area (Å²) >= 11 is 1.41. The summed E-state index contributed by atoms with van der Waals surface area (Å²) < 4.78 is 14.6. The number of nitrogens with one attached hydrogen (secondary N) is 1. The second-order valence-corrected chi connectivity index (χ2v) is 4.32. The molecule has 0 bridgehead atoms. The summed E-state index contributed by atoms with van der Waals surface area (Å²) in [6, 6.07) is 3.20. The van der Waals surface area contributed by atoms with Gasteiger partial charge < -0.3 is 5.32 Å². The number of carbonyl (C=O) groups excluding carboxylic acids is 1. The third-order valence-corrected chi connectivity index (χ3v) is 3.01. The Morgan fingerprint density at radius 1 is 1.41 bits per heavy atom. The van der Waals surface area contributed by atoms with Gasteiger partial charge in [-0.1, -0.05) is 13.8 Å². The van der Waals surface area contributed by atoms with E-state index in [2.05, 4.69) is 10.3 Å². The van der Waals surface area contributed by atoms with Gasteiger partial charge in [-0.25, -0.2) is 9.37 Å². The molecule has 0 aliphatic rings. The molecule has 0 spiro atoms. The van der Waals surface area contributed by atoms with E-state index >= 15 is 0 Å². The first-order chi connectivity index (χ1) is 8.13. The smallest absolute Gasteiger partial charge is 0.254 e. The maximum Gasteiger partial charge on any atom is 0.254 e. The van der Waals surface area contributed by atoms with E-state index in [-0.39, 0.29) is 11.1 Å². The molecule has 3 nitrogen and oxygen atoms in total. The maximum absolute atomic E-state index is 13.8. The van der Waals surface area contributed by atoms with Crippen molar-refractivity contribution in [2.45, 2.75) is 20.8 Å². The molecule has 0 saturated heterocycles. The zero-order valence-electron chi connectivity index (χ0n) is 10.3. The molecular weight excluding hydrogens is 239 g/mol. The number of nitrogens with zero attached hydrogens (tertiary/aromatic N) is 1. The number of carbonyl (C=O) groups is 1. The Balaban J connectivity index is 0.000000686. The lowest BCUT2D eigenvalue weighted by Crippen LogP contribution is -2.19. The Kier molecular flexibility index (Phi) is 4.57. The van der Waals surface area contributed by atoms with Crippen LogP contribution in [0.1, 0.15) is 29.2 Å². The number of thiazole rings is 1. The topological polar surface area (TPSA) is 42.0 Å². The van der Waals surface area contributed by atoms with E-state index in [0.717, 1.165) is 9.71 Å². The van der Waals surface area contributed by atoms with Crippen LogP contribution >= 0.6 is 11.3 Å². The highest BCUT2D eigenvalue weighted by atomic mass is 32.1. The number of aromatic nitrogens is 1. The molecule has 2 aromatic rings. The summed E-state index contributed by atoms with van der Waals surface area (Å²) in [7, 11) is 1.47. The predicted octanol–water partition coefficient (Wildman–Crippen LogP) is 3.13. The zero-order valence-corrected chi connectivity index (χ0v) is 11.1. The molecule has 5 heteroatoms. The fourth-order valence-electron chi connectivity index (χ4n) is 1.38. The first kappa shape index (κ1) is 13.6. The lowest BCUT2D eigenvalue weighted by atomic mass is 10.2. The van der Waals surface area contributed by atoms with Gasteiger partial charge in [0, 0.05) is 7.05 Å². The largest absolute Gasteiger partial charge is 0.355 e. The number of fused-ring (bicyclic) bond motifs is 1. The SMILES string of the molecule is CC.CNC(=O)c1ccc2sc(C)nc2c1F. The summed E-state index contributed by atoms with van der Waals surface area (Å²) in [6.45, 7) is 5.81. The van der Waals surface area contributed by atoms with Crippen molar-refractivity contribution in [1.29, 1.82) is 0 Å². The molecule has 0 aliphatic heterocycles. The second kappa shape index (κ2) is 5.72. The van der Waals surface area contributed by atoms with Gasteiger partial charge >= 0.3 is 0 Å². The molecule has 2 rings (SSSR count). The molecule has 0 radical (unpaired) electrons. The van der Waals surface area contributed by atoms with Gasteiger partial charge in [0.15, 0.2) is 5.82 Å². The number of hydrogen-bond donors (Lipinski definition) is 1. The van der Waals surface area contributed by atoms with Crippen LogP contribution in [0.2, 0.25) is 0 Å². The van der Waals surface area contributed by atoms with Crippen LogP contribution in [-0.2, 0) is 0 Å². The second-order valence-electron chi connectivity index (χ2n) is 3.09. The predicted molar refractivity (Wildman–Crippen MR) is 69.1 cm³/mol. The Hall–Kier alpha value is -1.49. The lowest BCUT2D eigenvalue weighted by Gasteiger charge is -2.01. The van der Waals surface area contributed by atoms with Crippen LogP contribution in [0, 0.1) is 12.7 Å². The van der Waals surface area contributed by atoms with Crippen LogP contribution < -0.4 is 5.32 Å². The van der Waals surface area contributed by atoms with Gasteiger partial charge in [0.05, 0.1) is 15.3 Å². The molecule has 17 heavy (non-hydrogen) atoms. The standard InChI is InChI=1S/C10H9FN2OS.C2H6/c1-5-13-9-7(15-5)4-3-6(8(9)11)10(14)12-2;1-2/h3-4H,1-2H3,(H,12,14);1-2H3. The number of benzene rings is 1. The van der Waals surface area contributed by atoms with Crippen LogP contribution in [0.25, 0.3) is 10.2 Å². The summed E-state index contributed by atoms with van der Waals surface area (Å²) in [6.07, 6.45) is 0. The number of halogens is 1. The first-order valence-electron chi connectivity index (χ1n) is 5.41. The van der Waals surface area contributed by atoms with E-state index in [1.807, 2.05) is 20.8 Å². The first-order valence-corrected chi connectivity index (χ1v) is 6.23. The van der Waals surface area contributed by atoms with E-state index in [4.69, 9.17) is 0 Å². The Labute approximate surface area is 104 Å². The van der Waals surface area contributed by atoms with Crippen LogP contribution in [0.3, 0.4) is 0 Å². The fraction of sp³-hybridized carbons (Fsp3) is 0.333. The molecule has 0 atom stereocenters. The minimum absolute atomic E-state index is 0.0373. The number of hydrogen-bond acceptors (Lipinski definition) is 3. The highest BCUT2D eigenvalue weighted by Crippen LogP contribution is 2.25. The molecule has 1 N–H and O–H groups in total. The normalized spacial score (nSPS) is 9.71. The van der Waals surface area contributed by atoms with Gasteiger partial charge in [0.1, 0.15) is 5.52 Å². The van der Waals surface area contributed by atoms with E-state index in [0.29, 0.717) is 0 Å². The van der Waals surface area contributed by atoms with Crippen molar-refractivity contribution in [2.24, 2.45) is 0 Å². The number of amides is 1. The van der Waals surface area contributed by atoms with Gasteiger partial charge in [0.2, 0.25) is 0 Å². The summed E-state index contributed by atoms with van der Waals surface area (Å²) in [5.74, 6) is -0.976. The van der Waals surface area contributed by atoms with Crippen molar-refractivity contribution >= 4 is 27.5 Å². The van der Waals surface area contributed by atoms with Gasteiger partial charge in [-0.05, 0) is 19.1 Å². The Morgan fingerprint density at radius 2 is 2.06 bits per heavy atom. The highest BCUT2D eigenvalue weighted by molar-refractivity contribution is 7.18. The van der Waals surface area contributed by atoms with Crippen LogP contribution in [-0.4, -0.2) is 17.9 Å². The fourth-order valence-corrected chi connectivity index (χ4v) is 2.21. The van der Waals surface area contributed by atoms with Crippen molar-refractivity contribution in [3.8, 4) is 0 Å². The monoisotopic (exact) mass is 254 g/mol. The summed E-state index contributed by atoms with van der Waals surface area (Å²) in [5.41, 5.74) is 0.314. The van der Waals surface area contributed by atoms with Gasteiger partial charge in [-0.15, -0.1) is 11.3 Å². The molecular formula is C12H15FN2OS. The molecule has 1 aromatic heterocycles.